The highest BCUT2D eigenvalue weighted by molar-refractivity contribution is 5.56. The van der Waals surface area contributed by atoms with Crippen molar-refractivity contribution in [2.45, 2.75) is 18.8 Å². The molecular weight excluding hydrogens is 256 g/mol. The summed E-state index contributed by atoms with van der Waals surface area (Å²) >= 11 is 0. The third-order valence-electron chi connectivity index (χ3n) is 3.71. The van der Waals surface area contributed by atoms with Crippen LogP contribution in [0.15, 0.2) is 73.1 Å². The maximum atomic E-state index is 4.34. The molecule has 1 heterocycles. The van der Waals surface area contributed by atoms with Crippen LogP contribution in [0.2, 0.25) is 0 Å². The van der Waals surface area contributed by atoms with Crippen molar-refractivity contribution >= 4 is 0 Å². The van der Waals surface area contributed by atoms with Gasteiger partial charge in [0, 0.05) is 25.0 Å². The average molecular weight is 276 g/mol. The average Bonchev–Trinajstić information content (AvgIpc) is 3.32. The Kier molecular flexibility index (Phi) is 4.15. The summed E-state index contributed by atoms with van der Waals surface area (Å²) in [6.45, 7) is 0. The summed E-state index contributed by atoms with van der Waals surface area (Å²) in [6.07, 6.45) is 6.54. The summed E-state index contributed by atoms with van der Waals surface area (Å²) in [5.74, 6) is 1.87. The molecule has 1 aromatic heterocycles. The normalized spacial score (nSPS) is 13.4. The van der Waals surface area contributed by atoms with Gasteiger partial charge in [-0.15, -0.1) is 0 Å². The summed E-state index contributed by atoms with van der Waals surface area (Å²) in [4.78, 5) is 4.34. The highest BCUT2D eigenvalue weighted by Crippen LogP contribution is 2.40. The fourth-order valence-electron chi connectivity index (χ4n) is 2.35. The lowest BCUT2D eigenvalue weighted by Crippen LogP contribution is -1.91. The number of aryl methyl sites for hydroxylation is 1. The first-order valence-electron chi connectivity index (χ1n) is 7.42. The van der Waals surface area contributed by atoms with E-state index in [9.17, 15) is 0 Å². The van der Waals surface area contributed by atoms with Crippen molar-refractivity contribution in [2.75, 3.05) is 0 Å². The van der Waals surface area contributed by atoms with E-state index in [1.165, 1.54) is 24.0 Å². The Morgan fingerprint density at radius 1 is 0.905 bits per heavy atom. The second-order valence-corrected chi connectivity index (χ2v) is 5.41. The van der Waals surface area contributed by atoms with Crippen LogP contribution in [0.1, 0.15) is 24.3 Å². The molecule has 1 aliphatic rings. The lowest BCUT2D eigenvalue weighted by molar-refractivity contribution is 0.924. The van der Waals surface area contributed by atoms with Crippen LogP contribution in [0.5, 0.6) is 0 Å². The molecule has 1 aliphatic carbocycles. The fourth-order valence-corrected chi connectivity index (χ4v) is 2.35. The Morgan fingerprint density at radius 2 is 1.48 bits per heavy atom. The van der Waals surface area contributed by atoms with Crippen LogP contribution in [0, 0.1) is 0 Å². The maximum absolute atomic E-state index is 4.34. The highest BCUT2D eigenvalue weighted by atomic mass is 15.0. The fraction of sp³-hybridized carbons (Fsp3) is 0.211. The third kappa shape index (κ3) is 3.60. The molecule has 2 nitrogen and oxygen atoms in total. The van der Waals surface area contributed by atoms with Gasteiger partial charge in [-0.1, -0.05) is 60.7 Å². The quantitative estimate of drug-likeness (QED) is 0.666. The maximum Gasteiger partial charge on any atom is 0.139 e. The Labute approximate surface area is 126 Å². The second-order valence-electron chi connectivity index (χ2n) is 5.41. The SMILES string of the molecule is Cn1ccnc1-c1ccc(C2CC2)cc1.c1ccccc1. The molecule has 2 heteroatoms. The molecule has 4 rings (SSSR count). The molecule has 21 heavy (non-hydrogen) atoms. The minimum atomic E-state index is 0.834. The van der Waals surface area contributed by atoms with E-state index >= 15 is 0 Å². The number of aromatic nitrogens is 2. The second kappa shape index (κ2) is 6.40. The lowest BCUT2D eigenvalue weighted by Gasteiger charge is -2.03. The van der Waals surface area contributed by atoms with Gasteiger partial charge in [0.25, 0.3) is 0 Å². The van der Waals surface area contributed by atoms with Gasteiger partial charge < -0.3 is 4.57 Å². The van der Waals surface area contributed by atoms with E-state index in [1.807, 2.05) is 60.4 Å². The van der Waals surface area contributed by atoms with Crippen LogP contribution >= 0.6 is 0 Å². The van der Waals surface area contributed by atoms with E-state index in [0.717, 1.165) is 11.7 Å². The van der Waals surface area contributed by atoms with Crippen molar-refractivity contribution in [3.8, 4) is 11.4 Å². The van der Waals surface area contributed by atoms with E-state index < -0.39 is 0 Å². The van der Waals surface area contributed by atoms with Gasteiger partial charge in [0.05, 0.1) is 0 Å². The monoisotopic (exact) mass is 276 g/mol. The van der Waals surface area contributed by atoms with E-state index in [2.05, 4.69) is 29.2 Å². The molecule has 0 saturated heterocycles. The molecule has 3 aromatic rings. The Balaban J connectivity index is 0.000000186. The molecule has 1 fully saturated rings. The van der Waals surface area contributed by atoms with E-state index in [0.29, 0.717) is 0 Å². The molecule has 0 spiro atoms. The lowest BCUT2D eigenvalue weighted by atomic mass is 10.1. The van der Waals surface area contributed by atoms with Crippen molar-refractivity contribution in [2.24, 2.45) is 7.05 Å². The smallest absolute Gasteiger partial charge is 0.139 e. The summed E-state index contributed by atoms with van der Waals surface area (Å²) in [5, 5.41) is 0. The zero-order valence-electron chi connectivity index (χ0n) is 12.3. The predicted molar refractivity (Wildman–Crippen MR) is 87.1 cm³/mol. The summed E-state index contributed by atoms with van der Waals surface area (Å²) in [5.41, 5.74) is 2.68. The van der Waals surface area contributed by atoms with Crippen LogP contribution < -0.4 is 0 Å². The topological polar surface area (TPSA) is 17.8 Å². The number of rotatable bonds is 2. The van der Waals surface area contributed by atoms with Crippen molar-refractivity contribution < 1.29 is 0 Å². The van der Waals surface area contributed by atoms with E-state index in [4.69, 9.17) is 0 Å². The number of benzene rings is 2. The van der Waals surface area contributed by atoms with Crippen LogP contribution in [-0.2, 0) is 7.05 Å². The van der Waals surface area contributed by atoms with Gasteiger partial charge in [0.1, 0.15) is 5.82 Å². The molecule has 106 valence electrons. The number of hydrogen-bond donors (Lipinski definition) is 0. The minimum Gasteiger partial charge on any atom is -0.334 e. The Bertz CT molecular complexity index is 638. The van der Waals surface area contributed by atoms with Crippen molar-refractivity contribution in [3.05, 3.63) is 78.6 Å². The zero-order chi connectivity index (χ0) is 14.5. The van der Waals surface area contributed by atoms with Gasteiger partial charge in [-0.05, 0) is 24.3 Å². The molecule has 0 radical (unpaired) electrons. The largest absolute Gasteiger partial charge is 0.334 e. The third-order valence-corrected chi connectivity index (χ3v) is 3.71. The standard InChI is InChI=1S/C13H14N2.C6H6/c1-15-9-8-14-13(15)12-6-4-11(5-7-12)10-2-3-10;1-2-4-6-5-3-1/h4-10H,2-3H2,1H3;1-6H. The van der Waals surface area contributed by atoms with E-state index in [1.54, 1.807) is 0 Å². The Hall–Kier alpha value is -2.35. The molecule has 0 unspecified atom stereocenters. The molecule has 1 saturated carbocycles. The molecule has 0 atom stereocenters. The number of imidazole rings is 1. The highest BCUT2D eigenvalue weighted by Gasteiger charge is 2.23. The van der Waals surface area contributed by atoms with Crippen molar-refractivity contribution in [1.82, 2.24) is 9.55 Å². The van der Waals surface area contributed by atoms with Gasteiger partial charge in [0.2, 0.25) is 0 Å². The molecule has 0 aliphatic heterocycles. The summed E-state index contributed by atoms with van der Waals surface area (Å²) in [6, 6.07) is 20.8. The zero-order valence-corrected chi connectivity index (χ0v) is 12.3. The van der Waals surface area contributed by atoms with Crippen LogP contribution in [0.25, 0.3) is 11.4 Å². The molecule has 2 aromatic carbocycles. The van der Waals surface area contributed by atoms with Gasteiger partial charge in [-0.2, -0.15) is 0 Å². The molecule has 0 bridgehead atoms. The first-order chi connectivity index (χ1) is 10.3. The summed E-state index contributed by atoms with van der Waals surface area (Å²) < 4.78 is 2.05. The number of nitrogens with zero attached hydrogens (tertiary/aromatic N) is 2. The molecule has 0 N–H and O–H groups in total. The predicted octanol–water partition coefficient (Wildman–Crippen LogP) is 4.65. The van der Waals surface area contributed by atoms with Crippen LogP contribution in [-0.4, -0.2) is 9.55 Å². The van der Waals surface area contributed by atoms with Gasteiger partial charge in [-0.3, -0.25) is 0 Å². The molecular formula is C19H20N2. The van der Waals surface area contributed by atoms with E-state index in [-0.39, 0.29) is 0 Å². The first-order valence-corrected chi connectivity index (χ1v) is 7.42. The molecule has 0 amide bonds. The van der Waals surface area contributed by atoms with Crippen molar-refractivity contribution in [1.29, 1.82) is 0 Å². The minimum absolute atomic E-state index is 0.834. The van der Waals surface area contributed by atoms with Crippen LogP contribution in [0.3, 0.4) is 0 Å². The van der Waals surface area contributed by atoms with Gasteiger partial charge in [-0.25, -0.2) is 4.98 Å². The Morgan fingerprint density at radius 3 is 1.90 bits per heavy atom. The number of hydrogen-bond acceptors (Lipinski definition) is 1. The van der Waals surface area contributed by atoms with Gasteiger partial charge in [0.15, 0.2) is 0 Å². The van der Waals surface area contributed by atoms with Crippen LogP contribution in [0.4, 0.5) is 0 Å². The van der Waals surface area contributed by atoms with Gasteiger partial charge >= 0.3 is 0 Å². The van der Waals surface area contributed by atoms with Crippen molar-refractivity contribution in [3.63, 3.8) is 0 Å². The first kappa shape index (κ1) is 13.6. The summed E-state index contributed by atoms with van der Waals surface area (Å²) in [7, 11) is 2.02.